The minimum atomic E-state index is 0.141. The van der Waals surface area contributed by atoms with E-state index in [4.69, 9.17) is 14.4 Å². The molecule has 0 aromatic carbocycles. The van der Waals surface area contributed by atoms with E-state index >= 15 is 0 Å². The van der Waals surface area contributed by atoms with E-state index in [0.717, 1.165) is 49.6 Å². The van der Waals surface area contributed by atoms with Gasteiger partial charge in [0.05, 0.1) is 23.7 Å². The molecule has 1 aliphatic rings. The lowest BCUT2D eigenvalue weighted by Crippen LogP contribution is -2.18. The van der Waals surface area contributed by atoms with Gasteiger partial charge in [-0.05, 0) is 37.6 Å². The van der Waals surface area contributed by atoms with Crippen LogP contribution in [-0.4, -0.2) is 32.8 Å². The Bertz CT molecular complexity index is 870. The molecular formula is C19H24N6O. The second kappa shape index (κ2) is 7.29. The Morgan fingerprint density at radius 2 is 2.15 bits per heavy atom. The molecule has 0 fully saturated rings. The third-order valence-corrected chi connectivity index (χ3v) is 4.86. The number of aromatic nitrogens is 4. The molecule has 4 rings (SSSR count). The van der Waals surface area contributed by atoms with Crippen molar-refractivity contribution in [1.82, 2.24) is 25.1 Å². The van der Waals surface area contributed by atoms with Gasteiger partial charge in [-0.2, -0.15) is 5.10 Å². The van der Waals surface area contributed by atoms with E-state index in [9.17, 15) is 0 Å². The summed E-state index contributed by atoms with van der Waals surface area (Å²) in [7, 11) is 1.97. The van der Waals surface area contributed by atoms with Crippen LogP contribution in [0.4, 0.5) is 5.82 Å². The first kappa shape index (κ1) is 16.8. The zero-order valence-electron chi connectivity index (χ0n) is 15.2. The molecule has 0 radical (unpaired) electrons. The minimum absolute atomic E-state index is 0.141. The number of hydrogen-bond acceptors (Lipinski definition) is 6. The maximum Gasteiger partial charge on any atom is 0.197 e. The van der Waals surface area contributed by atoms with Gasteiger partial charge in [-0.3, -0.25) is 4.68 Å². The van der Waals surface area contributed by atoms with Gasteiger partial charge in [-0.25, -0.2) is 9.97 Å². The predicted molar refractivity (Wildman–Crippen MR) is 99.9 cm³/mol. The van der Waals surface area contributed by atoms with E-state index in [1.54, 1.807) is 6.26 Å². The van der Waals surface area contributed by atoms with E-state index in [2.05, 4.69) is 28.7 Å². The smallest absolute Gasteiger partial charge is 0.197 e. The fourth-order valence-corrected chi connectivity index (χ4v) is 3.46. The Hall–Kier alpha value is -2.67. The number of hydrogen-bond donors (Lipinski definition) is 2. The van der Waals surface area contributed by atoms with Crippen LogP contribution >= 0.6 is 0 Å². The standard InChI is InChI=1S/C19H24N6O/c1-3-14(16-8-11-21-25(16)2)22-18-13-6-9-20-10-7-15(13)23-19(24-18)17-5-4-12-26-17/h4-5,8,11-12,14,20H,3,6-7,9-10H2,1-2H3,(H,22,23,24)/t14-/m1/s1. The Morgan fingerprint density at radius 3 is 2.88 bits per heavy atom. The van der Waals surface area contributed by atoms with E-state index in [-0.39, 0.29) is 6.04 Å². The van der Waals surface area contributed by atoms with E-state index in [1.165, 1.54) is 5.56 Å². The average molecular weight is 352 g/mol. The van der Waals surface area contributed by atoms with Crippen LogP contribution < -0.4 is 10.6 Å². The number of fused-ring (bicyclic) bond motifs is 1. The highest BCUT2D eigenvalue weighted by molar-refractivity contribution is 5.56. The SMILES string of the molecule is CC[C@@H](Nc1nc(-c2ccco2)nc2c1CCNCC2)c1ccnn1C. The summed E-state index contributed by atoms with van der Waals surface area (Å²) >= 11 is 0. The van der Waals surface area contributed by atoms with Gasteiger partial charge in [0.25, 0.3) is 0 Å². The predicted octanol–water partition coefficient (Wildman–Crippen LogP) is 2.72. The first-order valence-corrected chi connectivity index (χ1v) is 9.15. The largest absolute Gasteiger partial charge is 0.461 e. The molecule has 3 aromatic heterocycles. The van der Waals surface area contributed by atoms with Crippen molar-refractivity contribution in [3.05, 3.63) is 47.6 Å². The zero-order valence-corrected chi connectivity index (χ0v) is 15.2. The molecule has 4 heterocycles. The van der Waals surface area contributed by atoms with Crippen LogP contribution in [0, 0.1) is 0 Å². The van der Waals surface area contributed by atoms with Gasteiger partial charge in [0.2, 0.25) is 0 Å². The third kappa shape index (κ3) is 3.22. The van der Waals surface area contributed by atoms with Crippen LogP contribution in [0.25, 0.3) is 11.6 Å². The molecule has 1 atom stereocenters. The van der Waals surface area contributed by atoms with Gasteiger partial charge in [0.1, 0.15) is 5.82 Å². The van der Waals surface area contributed by atoms with Gasteiger partial charge >= 0.3 is 0 Å². The van der Waals surface area contributed by atoms with Gasteiger partial charge in [0.15, 0.2) is 11.6 Å². The highest BCUT2D eigenvalue weighted by Crippen LogP contribution is 2.28. The van der Waals surface area contributed by atoms with Crippen molar-refractivity contribution in [1.29, 1.82) is 0 Å². The van der Waals surface area contributed by atoms with Crippen LogP contribution in [0.2, 0.25) is 0 Å². The van der Waals surface area contributed by atoms with Crippen molar-refractivity contribution in [2.75, 3.05) is 18.4 Å². The first-order chi connectivity index (χ1) is 12.8. The topological polar surface area (TPSA) is 80.8 Å². The highest BCUT2D eigenvalue weighted by Gasteiger charge is 2.21. The Kier molecular flexibility index (Phi) is 4.71. The van der Waals surface area contributed by atoms with E-state index < -0.39 is 0 Å². The molecule has 0 aliphatic carbocycles. The summed E-state index contributed by atoms with van der Waals surface area (Å²) in [4.78, 5) is 9.61. The lowest BCUT2D eigenvalue weighted by Gasteiger charge is -2.21. The summed E-state index contributed by atoms with van der Waals surface area (Å²) in [6, 6.07) is 5.96. The quantitative estimate of drug-likeness (QED) is 0.735. The van der Waals surface area contributed by atoms with Crippen LogP contribution in [0.5, 0.6) is 0 Å². The Morgan fingerprint density at radius 1 is 1.27 bits per heavy atom. The van der Waals surface area contributed by atoms with Gasteiger partial charge in [0, 0.05) is 31.8 Å². The lowest BCUT2D eigenvalue weighted by molar-refractivity contribution is 0.576. The van der Waals surface area contributed by atoms with Gasteiger partial charge < -0.3 is 15.1 Å². The fourth-order valence-electron chi connectivity index (χ4n) is 3.46. The van der Waals surface area contributed by atoms with E-state index in [0.29, 0.717) is 11.6 Å². The average Bonchev–Trinajstić information content (AvgIpc) is 3.27. The molecular weight excluding hydrogens is 328 g/mol. The van der Waals surface area contributed by atoms with Crippen molar-refractivity contribution < 1.29 is 4.42 Å². The summed E-state index contributed by atoms with van der Waals surface area (Å²) in [6.07, 6.45) is 6.23. The fraction of sp³-hybridized carbons (Fsp3) is 0.421. The molecule has 0 bridgehead atoms. The maximum absolute atomic E-state index is 5.54. The molecule has 26 heavy (non-hydrogen) atoms. The number of aryl methyl sites for hydroxylation is 1. The van der Waals surface area contributed by atoms with Crippen molar-refractivity contribution in [3.63, 3.8) is 0 Å². The number of nitrogens with zero attached hydrogens (tertiary/aromatic N) is 4. The molecule has 0 amide bonds. The summed E-state index contributed by atoms with van der Waals surface area (Å²) in [5.74, 6) is 2.23. The van der Waals surface area contributed by atoms with Gasteiger partial charge in [-0.15, -0.1) is 0 Å². The maximum atomic E-state index is 5.54. The Balaban J connectivity index is 1.76. The zero-order chi connectivity index (χ0) is 17.9. The molecule has 0 spiro atoms. The Labute approximate surface area is 152 Å². The molecule has 136 valence electrons. The van der Waals surface area contributed by atoms with Gasteiger partial charge in [-0.1, -0.05) is 6.92 Å². The monoisotopic (exact) mass is 352 g/mol. The second-order valence-corrected chi connectivity index (χ2v) is 6.53. The summed E-state index contributed by atoms with van der Waals surface area (Å²) in [5, 5.41) is 11.4. The van der Waals surface area contributed by atoms with Crippen LogP contribution in [-0.2, 0) is 19.9 Å². The summed E-state index contributed by atoms with van der Waals surface area (Å²) in [6.45, 7) is 4.03. The molecule has 2 N–H and O–H groups in total. The number of nitrogens with one attached hydrogen (secondary N) is 2. The first-order valence-electron chi connectivity index (χ1n) is 9.15. The van der Waals surface area contributed by atoms with E-state index in [1.807, 2.05) is 30.1 Å². The normalized spacial score (nSPS) is 15.3. The lowest BCUT2D eigenvalue weighted by atomic mass is 10.1. The van der Waals surface area contributed by atoms with Crippen molar-refractivity contribution in [2.45, 2.75) is 32.2 Å². The molecule has 0 saturated heterocycles. The number of rotatable bonds is 5. The number of furan rings is 1. The minimum Gasteiger partial charge on any atom is -0.461 e. The molecule has 7 heteroatoms. The molecule has 3 aromatic rings. The van der Waals surface area contributed by atoms with Crippen LogP contribution in [0.3, 0.4) is 0 Å². The highest BCUT2D eigenvalue weighted by atomic mass is 16.3. The van der Waals surface area contributed by atoms with Crippen LogP contribution in [0.15, 0.2) is 35.1 Å². The summed E-state index contributed by atoms with van der Waals surface area (Å²) < 4.78 is 7.45. The van der Waals surface area contributed by atoms with Crippen molar-refractivity contribution in [2.24, 2.45) is 7.05 Å². The molecule has 1 aliphatic heterocycles. The third-order valence-electron chi connectivity index (χ3n) is 4.86. The number of anilines is 1. The molecule has 7 nitrogen and oxygen atoms in total. The second-order valence-electron chi connectivity index (χ2n) is 6.53. The van der Waals surface area contributed by atoms with Crippen LogP contribution in [0.1, 0.15) is 36.3 Å². The molecule has 0 saturated carbocycles. The van der Waals surface area contributed by atoms with Crippen molar-refractivity contribution in [3.8, 4) is 11.6 Å². The van der Waals surface area contributed by atoms with Crippen molar-refractivity contribution >= 4 is 5.82 Å². The summed E-state index contributed by atoms with van der Waals surface area (Å²) in [5.41, 5.74) is 3.44. The molecule has 0 unspecified atom stereocenters.